The van der Waals surface area contributed by atoms with Crippen molar-refractivity contribution in [1.29, 1.82) is 0 Å². The lowest BCUT2D eigenvalue weighted by Crippen LogP contribution is -2.53. The Morgan fingerprint density at radius 3 is 2.41 bits per heavy atom. The SMILES string of the molecule is Cc1ccc(NC(=O)C(Cc2ccccc2)NC(=O)N2CC(=O)Nc3ccccc32)cc1. The minimum absolute atomic E-state index is 0.125. The summed E-state index contributed by atoms with van der Waals surface area (Å²) in [6.07, 6.45) is 0.311. The predicted octanol–water partition coefficient (Wildman–Crippen LogP) is 3.71. The van der Waals surface area contributed by atoms with E-state index >= 15 is 0 Å². The van der Waals surface area contributed by atoms with Crippen LogP contribution in [-0.2, 0) is 16.0 Å². The first-order valence-corrected chi connectivity index (χ1v) is 10.4. The monoisotopic (exact) mass is 428 g/mol. The van der Waals surface area contributed by atoms with Gasteiger partial charge < -0.3 is 16.0 Å². The van der Waals surface area contributed by atoms with Crippen LogP contribution in [-0.4, -0.2) is 30.4 Å². The van der Waals surface area contributed by atoms with Crippen molar-refractivity contribution in [3.8, 4) is 0 Å². The molecule has 0 aliphatic carbocycles. The molecule has 1 aliphatic rings. The van der Waals surface area contributed by atoms with Crippen molar-refractivity contribution in [3.63, 3.8) is 0 Å². The van der Waals surface area contributed by atoms with Gasteiger partial charge in [0.1, 0.15) is 12.6 Å². The second-order valence-corrected chi connectivity index (χ2v) is 7.70. The smallest absolute Gasteiger partial charge is 0.323 e. The van der Waals surface area contributed by atoms with E-state index in [4.69, 9.17) is 0 Å². The van der Waals surface area contributed by atoms with E-state index in [-0.39, 0.29) is 18.4 Å². The molecule has 7 heteroatoms. The van der Waals surface area contributed by atoms with E-state index in [1.807, 2.05) is 61.5 Å². The number of carbonyl (C=O) groups is 3. The van der Waals surface area contributed by atoms with Gasteiger partial charge in [0.25, 0.3) is 0 Å². The number of anilines is 3. The molecule has 162 valence electrons. The van der Waals surface area contributed by atoms with Crippen LogP contribution < -0.4 is 20.9 Å². The zero-order valence-electron chi connectivity index (χ0n) is 17.7. The molecular formula is C25H24N4O3. The number of nitrogens with zero attached hydrogens (tertiary/aromatic N) is 1. The summed E-state index contributed by atoms with van der Waals surface area (Å²) >= 11 is 0. The number of urea groups is 1. The van der Waals surface area contributed by atoms with Crippen LogP contribution in [0.15, 0.2) is 78.9 Å². The third kappa shape index (κ3) is 4.95. The van der Waals surface area contributed by atoms with Gasteiger partial charge in [-0.1, -0.05) is 60.2 Å². The first kappa shape index (κ1) is 21.1. The molecule has 1 heterocycles. The molecule has 3 aromatic rings. The van der Waals surface area contributed by atoms with Crippen LogP contribution in [0.5, 0.6) is 0 Å². The largest absolute Gasteiger partial charge is 0.326 e. The molecule has 1 aliphatic heterocycles. The van der Waals surface area contributed by atoms with E-state index < -0.39 is 12.1 Å². The predicted molar refractivity (Wildman–Crippen MR) is 125 cm³/mol. The third-order valence-corrected chi connectivity index (χ3v) is 5.23. The quantitative estimate of drug-likeness (QED) is 0.579. The van der Waals surface area contributed by atoms with Gasteiger partial charge in [0.2, 0.25) is 11.8 Å². The van der Waals surface area contributed by atoms with Crippen molar-refractivity contribution in [2.45, 2.75) is 19.4 Å². The Morgan fingerprint density at radius 2 is 1.66 bits per heavy atom. The Morgan fingerprint density at radius 1 is 0.969 bits per heavy atom. The molecule has 3 aromatic carbocycles. The summed E-state index contributed by atoms with van der Waals surface area (Å²) in [5, 5.41) is 8.46. The van der Waals surface area contributed by atoms with Crippen molar-refractivity contribution in [2.24, 2.45) is 0 Å². The first-order valence-electron chi connectivity index (χ1n) is 10.4. The molecule has 0 aromatic heterocycles. The van der Waals surface area contributed by atoms with Crippen molar-refractivity contribution < 1.29 is 14.4 Å². The average molecular weight is 428 g/mol. The molecule has 0 radical (unpaired) electrons. The van der Waals surface area contributed by atoms with Crippen molar-refractivity contribution in [1.82, 2.24) is 5.32 Å². The van der Waals surface area contributed by atoms with E-state index in [9.17, 15) is 14.4 Å². The highest BCUT2D eigenvalue weighted by molar-refractivity contribution is 6.10. The van der Waals surface area contributed by atoms with Crippen LogP contribution >= 0.6 is 0 Å². The number of carbonyl (C=O) groups excluding carboxylic acids is 3. The Balaban J connectivity index is 1.55. The lowest BCUT2D eigenvalue weighted by Gasteiger charge is -2.30. The maximum atomic E-state index is 13.2. The normalized spacial score (nSPS) is 13.5. The molecular weight excluding hydrogens is 404 g/mol. The standard InChI is InChI=1S/C25H24N4O3/c1-17-11-13-19(14-12-17)26-24(31)21(15-18-7-3-2-4-8-18)28-25(32)29-16-23(30)27-20-9-5-6-10-22(20)29/h2-14,21H,15-16H2,1H3,(H,26,31)(H,27,30)(H,28,32). The van der Waals surface area contributed by atoms with E-state index in [2.05, 4.69) is 16.0 Å². The summed E-state index contributed by atoms with van der Waals surface area (Å²) in [6, 6.07) is 22.7. The Bertz CT molecular complexity index is 1130. The number of amides is 4. The zero-order chi connectivity index (χ0) is 22.5. The van der Waals surface area contributed by atoms with Crippen LogP contribution in [0.3, 0.4) is 0 Å². The summed E-state index contributed by atoms with van der Waals surface area (Å²) in [6.45, 7) is 1.84. The molecule has 1 atom stereocenters. The highest BCUT2D eigenvalue weighted by Gasteiger charge is 2.30. The molecule has 0 fully saturated rings. The summed E-state index contributed by atoms with van der Waals surface area (Å²) < 4.78 is 0. The Hall–Kier alpha value is -4.13. The van der Waals surface area contributed by atoms with Crippen LogP contribution in [0.25, 0.3) is 0 Å². The van der Waals surface area contributed by atoms with Gasteiger partial charge >= 0.3 is 6.03 Å². The van der Waals surface area contributed by atoms with Crippen molar-refractivity contribution in [3.05, 3.63) is 90.0 Å². The number of para-hydroxylation sites is 2. The minimum Gasteiger partial charge on any atom is -0.326 e. The number of aryl methyl sites for hydroxylation is 1. The van der Waals surface area contributed by atoms with Gasteiger partial charge in [0.05, 0.1) is 11.4 Å². The fourth-order valence-corrected chi connectivity index (χ4v) is 3.57. The number of hydrogen-bond donors (Lipinski definition) is 3. The average Bonchev–Trinajstić information content (AvgIpc) is 2.80. The lowest BCUT2D eigenvalue weighted by molar-refractivity contribution is -0.118. The summed E-state index contributed by atoms with van der Waals surface area (Å²) in [5.41, 5.74) is 3.79. The number of nitrogens with one attached hydrogen (secondary N) is 3. The van der Waals surface area contributed by atoms with Gasteiger partial charge in [-0.3, -0.25) is 14.5 Å². The fraction of sp³-hybridized carbons (Fsp3) is 0.160. The topological polar surface area (TPSA) is 90.5 Å². The molecule has 7 nitrogen and oxygen atoms in total. The number of benzene rings is 3. The molecule has 4 rings (SSSR count). The van der Waals surface area contributed by atoms with Crippen LogP contribution in [0.1, 0.15) is 11.1 Å². The highest BCUT2D eigenvalue weighted by Crippen LogP contribution is 2.28. The number of hydrogen-bond acceptors (Lipinski definition) is 3. The number of rotatable bonds is 5. The van der Waals surface area contributed by atoms with E-state index in [1.54, 1.807) is 24.3 Å². The molecule has 32 heavy (non-hydrogen) atoms. The van der Waals surface area contributed by atoms with Crippen LogP contribution in [0.2, 0.25) is 0 Å². The van der Waals surface area contributed by atoms with Gasteiger partial charge in [0.15, 0.2) is 0 Å². The Labute approximate surface area is 186 Å². The van der Waals surface area contributed by atoms with Crippen molar-refractivity contribution >= 4 is 34.9 Å². The summed E-state index contributed by atoms with van der Waals surface area (Å²) in [7, 11) is 0. The second-order valence-electron chi connectivity index (χ2n) is 7.70. The first-order chi connectivity index (χ1) is 15.5. The highest BCUT2D eigenvalue weighted by atomic mass is 16.2. The van der Waals surface area contributed by atoms with Crippen LogP contribution in [0.4, 0.5) is 21.9 Å². The minimum atomic E-state index is -0.830. The van der Waals surface area contributed by atoms with Crippen LogP contribution in [0, 0.1) is 6.92 Å². The van der Waals surface area contributed by atoms with E-state index in [0.29, 0.717) is 23.5 Å². The van der Waals surface area contributed by atoms with Crippen molar-refractivity contribution in [2.75, 3.05) is 22.1 Å². The molecule has 1 unspecified atom stereocenters. The molecule has 0 saturated carbocycles. The summed E-state index contributed by atoms with van der Waals surface area (Å²) in [5.74, 6) is -0.622. The number of fused-ring (bicyclic) bond motifs is 1. The molecule has 0 bridgehead atoms. The van der Waals surface area contributed by atoms with Gasteiger partial charge in [-0.15, -0.1) is 0 Å². The molecule has 0 saturated heterocycles. The van der Waals surface area contributed by atoms with Gasteiger partial charge in [0, 0.05) is 12.1 Å². The third-order valence-electron chi connectivity index (χ3n) is 5.23. The van der Waals surface area contributed by atoms with Gasteiger partial charge in [-0.25, -0.2) is 4.79 Å². The second kappa shape index (κ2) is 9.34. The lowest BCUT2D eigenvalue weighted by atomic mass is 10.0. The summed E-state index contributed by atoms with van der Waals surface area (Å²) in [4.78, 5) is 39.7. The van der Waals surface area contributed by atoms with E-state index in [0.717, 1.165) is 11.1 Å². The van der Waals surface area contributed by atoms with Gasteiger partial charge in [-0.05, 0) is 36.8 Å². The Kier molecular flexibility index (Phi) is 6.17. The maximum absolute atomic E-state index is 13.2. The fourth-order valence-electron chi connectivity index (χ4n) is 3.57. The molecule has 3 N–H and O–H groups in total. The zero-order valence-corrected chi connectivity index (χ0v) is 17.7. The molecule has 0 spiro atoms. The van der Waals surface area contributed by atoms with E-state index in [1.165, 1.54) is 4.90 Å². The molecule has 4 amide bonds. The van der Waals surface area contributed by atoms with Gasteiger partial charge in [-0.2, -0.15) is 0 Å². The maximum Gasteiger partial charge on any atom is 0.323 e.